The van der Waals surface area contributed by atoms with Crippen LogP contribution in [0, 0.1) is 6.92 Å². The Morgan fingerprint density at radius 2 is 2.20 bits per heavy atom. The van der Waals surface area contributed by atoms with E-state index in [0.29, 0.717) is 12.5 Å². The Kier molecular flexibility index (Phi) is 5.36. The van der Waals surface area contributed by atoms with Gasteiger partial charge in [-0.3, -0.25) is 9.69 Å². The summed E-state index contributed by atoms with van der Waals surface area (Å²) in [7, 11) is 0. The van der Waals surface area contributed by atoms with Crippen LogP contribution < -0.4 is 0 Å². The van der Waals surface area contributed by atoms with Gasteiger partial charge in [-0.25, -0.2) is 0 Å². The molecule has 2 atom stereocenters. The predicted octanol–water partition coefficient (Wildman–Crippen LogP) is 4.28. The zero-order valence-electron chi connectivity index (χ0n) is 13.1. The molecule has 1 aromatic rings. The van der Waals surface area contributed by atoms with Crippen molar-refractivity contribution in [1.82, 2.24) is 4.90 Å². The second-order valence-electron chi connectivity index (χ2n) is 6.13. The molecule has 1 aromatic carbocycles. The first-order valence-electron chi connectivity index (χ1n) is 7.93. The third-order valence-corrected chi connectivity index (χ3v) is 4.45. The molecular formula is C18H27NO. The van der Waals surface area contributed by atoms with Crippen molar-refractivity contribution in [1.29, 1.82) is 0 Å². The van der Waals surface area contributed by atoms with Gasteiger partial charge in [0.05, 0.1) is 0 Å². The van der Waals surface area contributed by atoms with E-state index in [1.165, 1.54) is 36.8 Å². The Balaban J connectivity index is 2.28. The summed E-state index contributed by atoms with van der Waals surface area (Å²) in [6, 6.07) is 9.56. The number of aryl methyl sites for hydroxylation is 1. The molecule has 0 amide bonds. The Morgan fingerprint density at radius 1 is 1.40 bits per heavy atom. The Hall–Kier alpha value is -1.15. The van der Waals surface area contributed by atoms with Crippen molar-refractivity contribution in [2.45, 2.75) is 65.0 Å². The van der Waals surface area contributed by atoms with Crippen molar-refractivity contribution in [3.8, 4) is 0 Å². The van der Waals surface area contributed by atoms with E-state index in [9.17, 15) is 4.79 Å². The number of nitrogens with zero attached hydrogens (tertiary/aromatic N) is 1. The molecule has 0 spiro atoms. The van der Waals surface area contributed by atoms with Gasteiger partial charge in [0.1, 0.15) is 5.78 Å². The second kappa shape index (κ2) is 7.03. The average molecular weight is 273 g/mol. The van der Waals surface area contributed by atoms with Gasteiger partial charge in [0.2, 0.25) is 0 Å². The molecule has 1 saturated heterocycles. The van der Waals surface area contributed by atoms with E-state index in [0.717, 1.165) is 6.54 Å². The molecule has 0 N–H and O–H groups in total. The molecule has 0 radical (unpaired) electrons. The normalized spacial score (nSPS) is 21.6. The summed E-state index contributed by atoms with van der Waals surface area (Å²) >= 11 is 0. The first kappa shape index (κ1) is 15.2. The number of hydrogen-bond donors (Lipinski definition) is 0. The summed E-state index contributed by atoms with van der Waals surface area (Å²) < 4.78 is 0. The molecule has 1 heterocycles. The Bertz CT molecular complexity index is 454. The molecule has 0 aromatic heterocycles. The number of benzene rings is 1. The number of hydrogen-bond acceptors (Lipinski definition) is 2. The molecule has 2 unspecified atom stereocenters. The van der Waals surface area contributed by atoms with Crippen LogP contribution in [-0.4, -0.2) is 23.3 Å². The third kappa shape index (κ3) is 3.69. The first-order valence-corrected chi connectivity index (χ1v) is 7.93. The highest BCUT2D eigenvalue weighted by molar-refractivity contribution is 5.76. The molecule has 0 aliphatic carbocycles. The van der Waals surface area contributed by atoms with Crippen molar-refractivity contribution in [2.75, 3.05) is 6.54 Å². The van der Waals surface area contributed by atoms with E-state index in [-0.39, 0.29) is 11.8 Å². The van der Waals surface area contributed by atoms with Gasteiger partial charge in [-0.1, -0.05) is 43.2 Å². The van der Waals surface area contributed by atoms with Gasteiger partial charge < -0.3 is 0 Å². The average Bonchev–Trinajstić information content (AvgIpc) is 2.44. The minimum atomic E-state index is 0.262. The zero-order valence-corrected chi connectivity index (χ0v) is 13.1. The van der Waals surface area contributed by atoms with Gasteiger partial charge in [0.15, 0.2) is 0 Å². The molecular weight excluding hydrogens is 246 g/mol. The van der Waals surface area contributed by atoms with Crippen LogP contribution >= 0.6 is 0 Å². The summed E-state index contributed by atoms with van der Waals surface area (Å²) in [5.41, 5.74) is 2.58. The number of rotatable bonds is 5. The molecule has 0 saturated carbocycles. The lowest BCUT2D eigenvalue weighted by Crippen LogP contribution is -2.42. The van der Waals surface area contributed by atoms with Gasteiger partial charge in [-0.15, -0.1) is 0 Å². The highest BCUT2D eigenvalue weighted by Crippen LogP contribution is 2.32. The molecule has 20 heavy (non-hydrogen) atoms. The van der Waals surface area contributed by atoms with Crippen LogP contribution in [0.3, 0.4) is 0 Å². The lowest BCUT2D eigenvalue weighted by molar-refractivity contribution is -0.118. The quantitative estimate of drug-likeness (QED) is 0.798. The van der Waals surface area contributed by atoms with Gasteiger partial charge in [0, 0.05) is 18.5 Å². The molecule has 1 fully saturated rings. The smallest absolute Gasteiger partial charge is 0.131 e. The highest BCUT2D eigenvalue weighted by Gasteiger charge is 2.29. The zero-order chi connectivity index (χ0) is 14.5. The molecule has 1 aliphatic rings. The Morgan fingerprint density at radius 3 is 2.85 bits per heavy atom. The van der Waals surface area contributed by atoms with Crippen LogP contribution in [0.5, 0.6) is 0 Å². The van der Waals surface area contributed by atoms with Gasteiger partial charge >= 0.3 is 0 Å². The minimum absolute atomic E-state index is 0.262. The largest absolute Gasteiger partial charge is 0.300 e. The van der Waals surface area contributed by atoms with Crippen molar-refractivity contribution in [3.63, 3.8) is 0 Å². The van der Waals surface area contributed by atoms with Crippen LogP contribution in [0.4, 0.5) is 0 Å². The van der Waals surface area contributed by atoms with E-state index in [4.69, 9.17) is 0 Å². The topological polar surface area (TPSA) is 20.3 Å². The second-order valence-corrected chi connectivity index (χ2v) is 6.13. The van der Waals surface area contributed by atoms with Crippen molar-refractivity contribution in [2.24, 2.45) is 0 Å². The maximum atomic E-state index is 11.7. The number of piperidine rings is 1. The van der Waals surface area contributed by atoms with Crippen LogP contribution in [0.1, 0.15) is 63.1 Å². The van der Waals surface area contributed by atoms with E-state index >= 15 is 0 Å². The fourth-order valence-electron chi connectivity index (χ4n) is 3.45. The SMILES string of the molecule is CCC1CCCCN1C(CC(C)=O)c1cccc(C)c1. The van der Waals surface area contributed by atoms with Gasteiger partial charge in [-0.05, 0) is 45.2 Å². The van der Waals surface area contributed by atoms with Crippen LogP contribution in [0.15, 0.2) is 24.3 Å². The number of carbonyl (C=O) groups excluding carboxylic acids is 1. The van der Waals surface area contributed by atoms with Crippen LogP contribution in [0.25, 0.3) is 0 Å². The summed E-state index contributed by atoms with van der Waals surface area (Å²) in [4.78, 5) is 14.3. The molecule has 110 valence electrons. The monoisotopic (exact) mass is 273 g/mol. The van der Waals surface area contributed by atoms with Crippen molar-refractivity contribution in [3.05, 3.63) is 35.4 Å². The lowest BCUT2D eigenvalue weighted by atomic mass is 9.92. The summed E-state index contributed by atoms with van der Waals surface area (Å²) in [5, 5.41) is 0. The number of likely N-dealkylation sites (tertiary alicyclic amines) is 1. The fraction of sp³-hybridized carbons (Fsp3) is 0.611. The molecule has 1 aliphatic heterocycles. The minimum Gasteiger partial charge on any atom is -0.300 e. The summed E-state index contributed by atoms with van der Waals surface area (Å²) in [6.45, 7) is 7.24. The highest BCUT2D eigenvalue weighted by atomic mass is 16.1. The molecule has 2 rings (SSSR count). The summed E-state index contributed by atoms with van der Waals surface area (Å²) in [5.74, 6) is 0.289. The van der Waals surface area contributed by atoms with E-state index in [1.54, 1.807) is 6.92 Å². The first-order chi connectivity index (χ1) is 9.61. The summed E-state index contributed by atoms with van der Waals surface area (Å²) in [6.07, 6.45) is 5.68. The standard InChI is InChI=1S/C18H27NO/c1-4-17-10-5-6-11-19(17)18(13-15(3)20)16-9-7-8-14(2)12-16/h7-9,12,17-18H,4-6,10-11,13H2,1-3H3. The van der Waals surface area contributed by atoms with Crippen molar-refractivity contribution >= 4 is 5.78 Å². The molecule has 2 nitrogen and oxygen atoms in total. The van der Waals surface area contributed by atoms with Crippen LogP contribution in [-0.2, 0) is 4.79 Å². The van der Waals surface area contributed by atoms with Crippen molar-refractivity contribution < 1.29 is 4.79 Å². The maximum absolute atomic E-state index is 11.7. The molecule has 2 heteroatoms. The maximum Gasteiger partial charge on any atom is 0.131 e. The van der Waals surface area contributed by atoms with E-state index < -0.39 is 0 Å². The van der Waals surface area contributed by atoms with E-state index in [2.05, 4.69) is 43.0 Å². The van der Waals surface area contributed by atoms with Gasteiger partial charge in [-0.2, -0.15) is 0 Å². The number of carbonyl (C=O) groups is 1. The Labute approximate surface area is 123 Å². The van der Waals surface area contributed by atoms with E-state index in [1.807, 2.05) is 0 Å². The lowest BCUT2D eigenvalue weighted by Gasteiger charge is -2.41. The number of Topliss-reactive ketones (excluding diaryl/α,β-unsaturated/α-hetero) is 1. The predicted molar refractivity (Wildman–Crippen MR) is 83.9 cm³/mol. The fourth-order valence-corrected chi connectivity index (χ4v) is 3.45. The number of ketones is 1. The third-order valence-electron chi connectivity index (χ3n) is 4.45. The molecule has 0 bridgehead atoms. The van der Waals surface area contributed by atoms with Gasteiger partial charge in [0.25, 0.3) is 0 Å². The van der Waals surface area contributed by atoms with Crippen LogP contribution in [0.2, 0.25) is 0 Å².